The van der Waals surface area contributed by atoms with Crippen LogP contribution >= 0.6 is 11.3 Å². The molecular formula is C14H17NO5S. The standard InChI is InChI=1S/C14H17NO5S/c1-7-8(2)21-13(15-12(17)9-4-5-9)11(7)14(18)20-6-10(16)19-3/h9H,4-6H2,1-3H3,(H,15,17). The van der Waals surface area contributed by atoms with Crippen molar-refractivity contribution in [3.8, 4) is 0 Å². The Hall–Kier alpha value is -1.89. The van der Waals surface area contributed by atoms with Gasteiger partial charge in [0.25, 0.3) is 0 Å². The van der Waals surface area contributed by atoms with Crippen LogP contribution < -0.4 is 5.32 Å². The minimum Gasteiger partial charge on any atom is -0.466 e. The summed E-state index contributed by atoms with van der Waals surface area (Å²) in [5.41, 5.74) is 1.07. The highest BCUT2D eigenvalue weighted by atomic mass is 32.1. The summed E-state index contributed by atoms with van der Waals surface area (Å²) >= 11 is 1.33. The summed E-state index contributed by atoms with van der Waals surface area (Å²) in [5.74, 6) is -1.28. The van der Waals surface area contributed by atoms with Crippen LogP contribution in [0.1, 0.15) is 33.6 Å². The van der Waals surface area contributed by atoms with E-state index in [1.165, 1.54) is 18.4 Å². The number of ether oxygens (including phenoxy) is 2. The van der Waals surface area contributed by atoms with Gasteiger partial charge in [0, 0.05) is 10.8 Å². The lowest BCUT2D eigenvalue weighted by molar-refractivity contribution is -0.144. The van der Waals surface area contributed by atoms with E-state index in [0.717, 1.165) is 23.3 Å². The van der Waals surface area contributed by atoms with Crippen molar-refractivity contribution in [2.24, 2.45) is 5.92 Å². The van der Waals surface area contributed by atoms with Crippen LogP contribution in [-0.4, -0.2) is 31.6 Å². The molecule has 1 amide bonds. The first-order chi connectivity index (χ1) is 9.93. The maximum atomic E-state index is 12.1. The van der Waals surface area contributed by atoms with E-state index >= 15 is 0 Å². The molecule has 1 aromatic heterocycles. The molecule has 0 aliphatic heterocycles. The second-order valence-corrected chi connectivity index (χ2v) is 6.13. The van der Waals surface area contributed by atoms with Gasteiger partial charge in [0.05, 0.1) is 12.7 Å². The van der Waals surface area contributed by atoms with Gasteiger partial charge in [0.15, 0.2) is 6.61 Å². The van der Waals surface area contributed by atoms with E-state index in [9.17, 15) is 14.4 Å². The van der Waals surface area contributed by atoms with Crippen LogP contribution in [0.4, 0.5) is 5.00 Å². The van der Waals surface area contributed by atoms with E-state index in [2.05, 4.69) is 10.1 Å². The molecule has 1 aliphatic carbocycles. The van der Waals surface area contributed by atoms with Crippen molar-refractivity contribution in [2.75, 3.05) is 19.0 Å². The molecule has 0 aromatic carbocycles. The predicted octanol–water partition coefficient (Wildman–Crippen LogP) is 2.04. The number of aryl methyl sites for hydroxylation is 1. The Bertz CT molecular complexity index is 588. The molecule has 1 aromatic rings. The first kappa shape index (κ1) is 15.5. The van der Waals surface area contributed by atoms with Crippen molar-refractivity contribution < 1.29 is 23.9 Å². The van der Waals surface area contributed by atoms with E-state index in [0.29, 0.717) is 10.6 Å². The number of amides is 1. The van der Waals surface area contributed by atoms with E-state index < -0.39 is 18.5 Å². The predicted molar refractivity (Wildman–Crippen MR) is 77.4 cm³/mol. The lowest BCUT2D eigenvalue weighted by atomic mass is 10.1. The first-order valence-corrected chi connectivity index (χ1v) is 7.40. The number of anilines is 1. The molecule has 1 heterocycles. The largest absolute Gasteiger partial charge is 0.466 e. The molecule has 0 bridgehead atoms. The number of thiophene rings is 1. The van der Waals surface area contributed by atoms with Crippen LogP contribution in [0.25, 0.3) is 0 Å². The van der Waals surface area contributed by atoms with Crippen LogP contribution in [0.3, 0.4) is 0 Å². The van der Waals surface area contributed by atoms with Gasteiger partial charge in [-0.15, -0.1) is 11.3 Å². The number of carbonyl (C=O) groups excluding carboxylic acids is 3. The number of hydrogen-bond donors (Lipinski definition) is 1. The summed E-state index contributed by atoms with van der Waals surface area (Å²) in [6.45, 7) is 3.21. The minimum atomic E-state index is -0.631. The van der Waals surface area contributed by atoms with Crippen LogP contribution in [0.15, 0.2) is 0 Å². The SMILES string of the molecule is COC(=O)COC(=O)c1c(NC(=O)C2CC2)sc(C)c1C. The molecular weight excluding hydrogens is 294 g/mol. The Labute approximate surface area is 126 Å². The Morgan fingerprint density at radius 2 is 1.95 bits per heavy atom. The van der Waals surface area contributed by atoms with Gasteiger partial charge in [-0.2, -0.15) is 0 Å². The van der Waals surface area contributed by atoms with Gasteiger partial charge in [-0.05, 0) is 32.3 Å². The summed E-state index contributed by atoms with van der Waals surface area (Å²) in [6.07, 6.45) is 1.77. The molecule has 1 N–H and O–H groups in total. The van der Waals surface area contributed by atoms with Crippen LogP contribution in [0.5, 0.6) is 0 Å². The quantitative estimate of drug-likeness (QED) is 0.842. The van der Waals surface area contributed by atoms with Crippen molar-refractivity contribution in [1.29, 1.82) is 0 Å². The summed E-state index contributed by atoms with van der Waals surface area (Å²) in [7, 11) is 1.22. The number of rotatable bonds is 5. The fourth-order valence-electron chi connectivity index (χ4n) is 1.78. The van der Waals surface area contributed by atoms with Crippen molar-refractivity contribution in [2.45, 2.75) is 26.7 Å². The smallest absolute Gasteiger partial charge is 0.344 e. The molecule has 7 heteroatoms. The van der Waals surface area contributed by atoms with Gasteiger partial charge in [0.1, 0.15) is 5.00 Å². The molecule has 1 saturated carbocycles. The van der Waals surface area contributed by atoms with Gasteiger partial charge in [-0.3, -0.25) is 4.79 Å². The molecule has 2 rings (SSSR count). The highest BCUT2D eigenvalue weighted by molar-refractivity contribution is 7.16. The second-order valence-electron chi connectivity index (χ2n) is 4.90. The van der Waals surface area contributed by atoms with Crippen molar-refractivity contribution in [1.82, 2.24) is 0 Å². The second kappa shape index (κ2) is 6.26. The number of nitrogens with one attached hydrogen (secondary N) is 1. The first-order valence-electron chi connectivity index (χ1n) is 6.58. The molecule has 0 spiro atoms. The molecule has 114 valence electrons. The van der Waals surface area contributed by atoms with Crippen LogP contribution in [0, 0.1) is 19.8 Å². The number of methoxy groups -OCH3 is 1. The van der Waals surface area contributed by atoms with Crippen LogP contribution in [0.2, 0.25) is 0 Å². The zero-order valence-corrected chi connectivity index (χ0v) is 13.0. The van der Waals surface area contributed by atoms with Gasteiger partial charge in [0.2, 0.25) is 5.91 Å². The monoisotopic (exact) mass is 311 g/mol. The molecule has 0 saturated heterocycles. The average molecular weight is 311 g/mol. The Morgan fingerprint density at radius 1 is 1.29 bits per heavy atom. The Balaban J connectivity index is 2.14. The average Bonchev–Trinajstić information content (AvgIpc) is 3.25. The lowest BCUT2D eigenvalue weighted by Gasteiger charge is -2.07. The van der Waals surface area contributed by atoms with Gasteiger partial charge in [-0.25, -0.2) is 9.59 Å². The van der Waals surface area contributed by atoms with E-state index in [4.69, 9.17) is 4.74 Å². The highest BCUT2D eigenvalue weighted by Crippen LogP contribution is 2.36. The van der Waals surface area contributed by atoms with Gasteiger partial charge < -0.3 is 14.8 Å². The third-order valence-corrected chi connectivity index (χ3v) is 4.45. The Morgan fingerprint density at radius 3 is 2.52 bits per heavy atom. The third kappa shape index (κ3) is 3.60. The molecule has 21 heavy (non-hydrogen) atoms. The molecule has 1 aliphatic rings. The number of hydrogen-bond acceptors (Lipinski definition) is 6. The number of carbonyl (C=O) groups is 3. The highest BCUT2D eigenvalue weighted by Gasteiger charge is 2.31. The van der Waals surface area contributed by atoms with E-state index in [-0.39, 0.29) is 11.8 Å². The zero-order chi connectivity index (χ0) is 15.6. The van der Waals surface area contributed by atoms with Crippen molar-refractivity contribution in [3.05, 3.63) is 16.0 Å². The van der Waals surface area contributed by atoms with E-state index in [1.807, 2.05) is 6.92 Å². The minimum absolute atomic E-state index is 0.0478. The molecule has 1 fully saturated rings. The topological polar surface area (TPSA) is 81.7 Å². The summed E-state index contributed by atoms with van der Waals surface area (Å²) < 4.78 is 9.34. The summed E-state index contributed by atoms with van der Waals surface area (Å²) in [4.78, 5) is 35.9. The molecule has 0 unspecified atom stereocenters. The molecule has 6 nitrogen and oxygen atoms in total. The Kier molecular flexibility index (Phi) is 4.62. The number of esters is 2. The third-order valence-electron chi connectivity index (χ3n) is 3.32. The maximum Gasteiger partial charge on any atom is 0.344 e. The zero-order valence-electron chi connectivity index (χ0n) is 12.1. The van der Waals surface area contributed by atoms with Crippen molar-refractivity contribution >= 4 is 34.2 Å². The fraction of sp³-hybridized carbons (Fsp3) is 0.500. The van der Waals surface area contributed by atoms with Crippen LogP contribution in [-0.2, 0) is 19.1 Å². The van der Waals surface area contributed by atoms with Gasteiger partial charge in [-0.1, -0.05) is 0 Å². The van der Waals surface area contributed by atoms with E-state index in [1.54, 1.807) is 6.92 Å². The fourth-order valence-corrected chi connectivity index (χ4v) is 2.83. The van der Waals surface area contributed by atoms with Gasteiger partial charge >= 0.3 is 11.9 Å². The summed E-state index contributed by atoms with van der Waals surface area (Å²) in [5, 5.41) is 3.26. The lowest BCUT2D eigenvalue weighted by Crippen LogP contribution is -2.18. The normalized spacial score (nSPS) is 13.7. The molecule has 0 atom stereocenters. The maximum absolute atomic E-state index is 12.1. The molecule has 0 radical (unpaired) electrons. The summed E-state index contributed by atoms with van der Waals surface area (Å²) in [6, 6.07) is 0. The van der Waals surface area contributed by atoms with Crippen molar-refractivity contribution in [3.63, 3.8) is 0 Å².